The summed E-state index contributed by atoms with van der Waals surface area (Å²) in [6.07, 6.45) is 1.88. The number of oxazole rings is 1. The van der Waals surface area contributed by atoms with Crippen molar-refractivity contribution in [2.24, 2.45) is 5.92 Å². The number of hydrogen-bond acceptors (Lipinski definition) is 3. The van der Waals surface area contributed by atoms with Crippen molar-refractivity contribution in [3.8, 4) is 11.5 Å². The molecule has 1 aromatic heterocycles. The summed E-state index contributed by atoms with van der Waals surface area (Å²) in [5, 5.41) is 2.96. The SMILES string of the molecule is CCC[C@@H](C)C(=O)Nc1cccc(-c2nc3ccccc3o2)c1. The molecule has 0 unspecified atom stereocenters. The highest BCUT2D eigenvalue weighted by Crippen LogP contribution is 2.26. The summed E-state index contributed by atoms with van der Waals surface area (Å²) < 4.78 is 5.78. The Morgan fingerprint density at radius 3 is 2.83 bits per heavy atom. The van der Waals surface area contributed by atoms with E-state index in [-0.39, 0.29) is 11.8 Å². The van der Waals surface area contributed by atoms with Crippen molar-refractivity contribution in [3.63, 3.8) is 0 Å². The maximum Gasteiger partial charge on any atom is 0.227 e. The monoisotopic (exact) mass is 308 g/mol. The van der Waals surface area contributed by atoms with Gasteiger partial charge < -0.3 is 9.73 Å². The fourth-order valence-electron chi connectivity index (χ4n) is 2.56. The second kappa shape index (κ2) is 6.65. The van der Waals surface area contributed by atoms with Gasteiger partial charge in [-0.15, -0.1) is 0 Å². The van der Waals surface area contributed by atoms with E-state index in [1.807, 2.05) is 55.5 Å². The first-order chi connectivity index (χ1) is 11.2. The number of amides is 1. The van der Waals surface area contributed by atoms with Gasteiger partial charge in [-0.2, -0.15) is 0 Å². The van der Waals surface area contributed by atoms with Crippen LogP contribution in [0, 0.1) is 5.92 Å². The van der Waals surface area contributed by atoms with E-state index in [1.165, 1.54) is 0 Å². The Balaban J connectivity index is 1.83. The number of fused-ring (bicyclic) bond motifs is 1. The van der Waals surface area contributed by atoms with E-state index in [2.05, 4.69) is 17.2 Å². The largest absolute Gasteiger partial charge is 0.436 e. The molecule has 0 aliphatic rings. The molecule has 23 heavy (non-hydrogen) atoms. The van der Waals surface area contributed by atoms with Gasteiger partial charge in [-0.05, 0) is 36.8 Å². The molecule has 118 valence electrons. The molecule has 0 fully saturated rings. The number of carbonyl (C=O) groups excluding carboxylic acids is 1. The third-order valence-electron chi connectivity index (χ3n) is 3.84. The van der Waals surface area contributed by atoms with E-state index in [0.717, 1.165) is 35.2 Å². The Kier molecular flexibility index (Phi) is 4.42. The third kappa shape index (κ3) is 3.42. The van der Waals surface area contributed by atoms with Crippen molar-refractivity contribution in [3.05, 3.63) is 48.5 Å². The number of hydrogen-bond donors (Lipinski definition) is 1. The number of rotatable bonds is 5. The standard InChI is InChI=1S/C19H20N2O2/c1-3-7-13(2)18(22)20-15-9-6-8-14(12-15)19-21-16-10-4-5-11-17(16)23-19/h4-6,8-13H,3,7H2,1-2H3,(H,20,22)/t13-/m1/s1. The smallest absolute Gasteiger partial charge is 0.227 e. The molecule has 0 saturated heterocycles. The van der Waals surface area contributed by atoms with Crippen molar-refractivity contribution in [1.82, 2.24) is 4.98 Å². The van der Waals surface area contributed by atoms with E-state index in [4.69, 9.17) is 4.42 Å². The van der Waals surface area contributed by atoms with Crippen molar-refractivity contribution in [1.29, 1.82) is 0 Å². The summed E-state index contributed by atoms with van der Waals surface area (Å²) in [5.41, 5.74) is 3.20. The molecular weight excluding hydrogens is 288 g/mol. The van der Waals surface area contributed by atoms with Crippen LogP contribution in [0.25, 0.3) is 22.6 Å². The van der Waals surface area contributed by atoms with Gasteiger partial charge in [-0.1, -0.05) is 38.5 Å². The molecule has 0 radical (unpaired) electrons. The van der Waals surface area contributed by atoms with E-state index in [0.29, 0.717) is 5.89 Å². The van der Waals surface area contributed by atoms with E-state index in [1.54, 1.807) is 0 Å². The first kappa shape index (κ1) is 15.3. The number of anilines is 1. The van der Waals surface area contributed by atoms with Crippen LogP contribution >= 0.6 is 0 Å². The van der Waals surface area contributed by atoms with E-state index < -0.39 is 0 Å². The molecule has 1 N–H and O–H groups in total. The van der Waals surface area contributed by atoms with Crippen LogP contribution < -0.4 is 5.32 Å². The number of nitrogens with one attached hydrogen (secondary N) is 1. The van der Waals surface area contributed by atoms with Crippen LogP contribution in [0.2, 0.25) is 0 Å². The predicted octanol–water partition coefficient (Wildman–Crippen LogP) is 4.87. The van der Waals surface area contributed by atoms with Crippen molar-refractivity contribution >= 4 is 22.7 Å². The fourth-order valence-corrected chi connectivity index (χ4v) is 2.56. The number of para-hydroxylation sites is 2. The van der Waals surface area contributed by atoms with E-state index >= 15 is 0 Å². The van der Waals surface area contributed by atoms with Crippen LogP contribution in [0.5, 0.6) is 0 Å². The highest BCUT2D eigenvalue weighted by Gasteiger charge is 2.13. The minimum absolute atomic E-state index is 0.00739. The van der Waals surface area contributed by atoms with Gasteiger partial charge in [0.2, 0.25) is 11.8 Å². The summed E-state index contributed by atoms with van der Waals surface area (Å²) in [6, 6.07) is 15.2. The Hall–Kier alpha value is -2.62. The third-order valence-corrected chi connectivity index (χ3v) is 3.84. The number of nitrogens with zero attached hydrogens (tertiary/aromatic N) is 1. The molecule has 0 aliphatic heterocycles. The molecule has 0 aliphatic carbocycles. The number of aromatic nitrogens is 1. The Morgan fingerprint density at radius 2 is 2.04 bits per heavy atom. The highest BCUT2D eigenvalue weighted by atomic mass is 16.3. The predicted molar refractivity (Wildman–Crippen MR) is 92.1 cm³/mol. The van der Waals surface area contributed by atoms with E-state index in [9.17, 15) is 4.79 Å². The molecule has 2 aromatic carbocycles. The van der Waals surface area contributed by atoms with Gasteiger partial charge in [-0.25, -0.2) is 4.98 Å². The zero-order valence-electron chi connectivity index (χ0n) is 13.4. The van der Waals surface area contributed by atoms with Crippen LogP contribution in [-0.2, 0) is 4.79 Å². The van der Waals surface area contributed by atoms with Crippen molar-refractivity contribution in [2.45, 2.75) is 26.7 Å². The van der Waals surface area contributed by atoms with Gasteiger partial charge in [0.15, 0.2) is 5.58 Å². The minimum atomic E-state index is 0.00739. The molecule has 1 heterocycles. The normalized spacial score (nSPS) is 12.3. The molecule has 1 atom stereocenters. The molecule has 0 spiro atoms. The average molecular weight is 308 g/mol. The summed E-state index contributed by atoms with van der Waals surface area (Å²) >= 11 is 0. The Morgan fingerprint density at radius 1 is 1.22 bits per heavy atom. The average Bonchev–Trinajstić information content (AvgIpc) is 2.99. The second-order valence-electron chi connectivity index (χ2n) is 5.75. The summed E-state index contributed by atoms with van der Waals surface area (Å²) in [7, 11) is 0. The summed E-state index contributed by atoms with van der Waals surface area (Å²) in [4.78, 5) is 16.6. The summed E-state index contributed by atoms with van der Waals surface area (Å²) in [5.74, 6) is 0.610. The number of benzene rings is 2. The van der Waals surface area contributed by atoms with Crippen molar-refractivity contribution < 1.29 is 9.21 Å². The van der Waals surface area contributed by atoms with Crippen LogP contribution in [0.15, 0.2) is 52.9 Å². The minimum Gasteiger partial charge on any atom is -0.436 e. The lowest BCUT2D eigenvalue weighted by molar-refractivity contribution is -0.119. The molecule has 1 amide bonds. The number of carbonyl (C=O) groups is 1. The topological polar surface area (TPSA) is 55.1 Å². The molecule has 4 heteroatoms. The molecule has 0 bridgehead atoms. The lowest BCUT2D eigenvalue weighted by Crippen LogP contribution is -2.20. The maximum absolute atomic E-state index is 12.1. The molecule has 3 rings (SSSR count). The molecule has 3 aromatic rings. The first-order valence-electron chi connectivity index (χ1n) is 7.94. The second-order valence-corrected chi connectivity index (χ2v) is 5.75. The van der Waals surface area contributed by atoms with Crippen LogP contribution in [0.1, 0.15) is 26.7 Å². The lowest BCUT2D eigenvalue weighted by Gasteiger charge is -2.11. The zero-order valence-corrected chi connectivity index (χ0v) is 13.4. The first-order valence-corrected chi connectivity index (χ1v) is 7.94. The highest BCUT2D eigenvalue weighted by molar-refractivity contribution is 5.92. The van der Waals surface area contributed by atoms with Gasteiger partial charge in [0.25, 0.3) is 0 Å². The van der Waals surface area contributed by atoms with Gasteiger partial charge in [-0.3, -0.25) is 4.79 Å². The quantitative estimate of drug-likeness (QED) is 0.731. The van der Waals surface area contributed by atoms with Crippen LogP contribution in [-0.4, -0.2) is 10.9 Å². The zero-order chi connectivity index (χ0) is 16.2. The van der Waals surface area contributed by atoms with Gasteiger partial charge in [0, 0.05) is 17.2 Å². The molecular formula is C19H20N2O2. The van der Waals surface area contributed by atoms with Crippen molar-refractivity contribution in [2.75, 3.05) is 5.32 Å². The maximum atomic E-state index is 12.1. The molecule has 4 nitrogen and oxygen atoms in total. The van der Waals surface area contributed by atoms with Gasteiger partial charge in [0.1, 0.15) is 5.52 Å². The Labute approximate surface area is 135 Å². The fraction of sp³-hybridized carbons (Fsp3) is 0.263. The van der Waals surface area contributed by atoms with Gasteiger partial charge >= 0.3 is 0 Å². The van der Waals surface area contributed by atoms with Gasteiger partial charge in [0.05, 0.1) is 0 Å². The van der Waals surface area contributed by atoms with Crippen LogP contribution in [0.4, 0.5) is 5.69 Å². The summed E-state index contributed by atoms with van der Waals surface area (Å²) in [6.45, 7) is 4.03. The lowest BCUT2D eigenvalue weighted by atomic mass is 10.1. The Bertz CT molecular complexity index is 790. The molecule has 0 saturated carbocycles. The van der Waals surface area contributed by atoms with Crippen LogP contribution in [0.3, 0.4) is 0 Å².